The van der Waals surface area contributed by atoms with Gasteiger partial charge in [-0.3, -0.25) is 0 Å². The van der Waals surface area contributed by atoms with Gasteiger partial charge in [-0.2, -0.15) is 15.0 Å². The predicted molar refractivity (Wildman–Crippen MR) is 72.1 cm³/mol. The van der Waals surface area contributed by atoms with Gasteiger partial charge in [-0.15, -0.1) is 0 Å². The van der Waals surface area contributed by atoms with Crippen molar-refractivity contribution in [2.75, 3.05) is 24.3 Å². The first-order valence-electron chi connectivity index (χ1n) is 6.70. The number of hydrogen-bond acceptors (Lipinski definition) is 7. The maximum atomic E-state index is 5.66. The SMILES string of the molecule is CCCOc1nc(N)nc(NC2CCOC(C)C2)n1. The summed E-state index contributed by atoms with van der Waals surface area (Å²) in [5, 5.41) is 3.27. The van der Waals surface area contributed by atoms with E-state index in [2.05, 4.69) is 27.2 Å². The second kappa shape index (κ2) is 6.51. The van der Waals surface area contributed by atoms with E-state index < -0.39 is 0 Å². The highest BCUT2D eigenvalue weighted by Gasteiger charge is 2.20. The Hall–Kier alpha value is -1.63. The van der Waals surface area contributed by atoms with E-state index in [1.165, 1.54) is 0 Å². The molecular formula is C12H21N5O2. The second-order valence-corrected chi connectivity index (χ2v) is 4.70. The summed E-state index contributed by atoms with van der Waals surface area (Å²) in [5.74, 6) is 0.640. The molecule has 0 radical (unpaired) electrons. The van der Waals surface area contributed by atoms with Crippen molar-refractivity contribution >= 4 is 11.9 Å². The van der Waals surface area contributed by atoms with Crippen LogP contribution in [0.25, 0.3) is 0 Å². The summed E-state index contributed by atoms with van der Waals surface area (Å²) in [6, 6.07) is 0.571. The van der Waals surface area contributed by atoms with Crippen molar-refractivity contribution in [2.45, 2.75) is 45.3 Å². The molecule has 2 heterocycles. The van der Waals surface area contributed by atoms with Crippen molar-refractivity contribution < 1.29 is 9.47 Å². The number of nitrogen functional groups attached to an aromatic ring is 1. The topological polar surface area (TPSA) is 95.2 Å². The van der Waals surface area contributed by atoms with Crippen LogP contribution in [0.4, 0.5) is 11.9 Å². The van der Waals surface area contributed by atoms with Crippen LogP contribution in [-0.2, 0) is 4.74 Å². The average molecular weight is 267 g/mol. The van der Waals surface area contributed by atoms with E-state index in [0.717, 1.165) is 25.9 Å². The smallest absolute Gasteiger partial charge is 0.323 e. The minimum absolute atomic E-state index is 0.170. The van der Waals surface area contributed by atoms with Crippen LogP contribution in [0.5, 0.6) is 6.01 Å². The van der Waals surface area contributed by atoms with E-state index in [4.69, 9.17) is 15.2 Å². The van der Waals surface area contributed by atoms with Gasteiger partial charge >= 0.3 is 6.01 Å². The molecule has 1 aromatic rings. The Morgan fingerprint density at radius 2 is 2.26 bits per heavy atom. The lowest BCUT2D eigenvalue weighted by molar-refractivity contribution is 0.0231. The maximum absolute atomic E-state index is 5.66. The van der Waals surface area contributed by atoms with Gasteiger partial charge in [-0.1, -0.05) is 6.92 Å². The first-order chi connectivity index (χ1) is 9.17. The lowest BCUT2D eigenvalue weighted by Gasteiger charge is -2.27. The number of nitrogens with two attached hydrogens (primary N) is 1. The molecule has 3 N–H and O–H groups in total. The van der Waals surface area contributed by atoms with Gasteiger partial charge in [0.05, 0.1) is 12.7 Å². The van der Waals surface area contributed by atoms with Crippen LogP contribution in [0.15, 0.2) is 0 Å². The standard InChI is InChI=1S/C12H21N5O2/c1-3-5-19-12-16-10(13)15-11(17-12)14-9-4-6-18-8(2)7-9/h8-9H,3-7H2,1-2H3,(H3,13,14,15,16,17). The minimum Gasteiger partial charge on any atom is -0.463 e. The first kappa shape index (κ1) is 13.8. The summed E-state index contributed by atoms with van der Waals surface area (Å²) in [6.07, 6.45) is 3.00. The highest BCUT2D eigenvalue weighted by Crippen LogP contribution is 2.18. The summed E-state index contributed by atoms with van der Waals surface area (Å²) in [6.45, 7) is 5.40. The molecule has 1 aliphatic heterocycles. The summed E-state index contributed by atoms with van der Waals surface area (Å²) >= 11 is 0. The van der Waals surface area contributed by atoms with Crippen LogP contribution in [-0.4, -0.2) is 40.3 Å². The van der Waals surface area contributed by atoms with E-state index in [9.17, 15) is 0 Å². The zero-order valence-corrected chi connectivity index (χ0v) is 11.4. The lowest BCUT2D eigenvalue weighted by Crippen LogP contribution is -2.33. The summed E-state index contributed by atoms with van der Waals surface area (Å²) in [4.78, 5) is 12.2. The Kier molecular flexibility index (Phi) is 4.73. The lowest BCUT2D eigenvalue weighted by atomic mass is 10.0. The molecule has 0 aromatic carbocycles. The summed E-state index contributed by atoms with van der Waals surface area (Å²) in [5.41, 5.74) is 5.66. The molecule has 0 saturated carbocycles. The number of anilines is 2. The fraction of sp³-hybridized carbons (Fsp3) is 0.750. The molecule has 7 nitrogen and oxygen atoms in total. The Bertz CT molecular complexity index is 415. The van der Waals surface area contributed by atoms with Gasteiger partial charge in [-0.25, -0.2) is 0 Å². The van der Waals surface area contributed by atoms with Gasteiger partial charge in [0.15, 0.2) is 0 Å². The van der Waals surface area contributed by atoms with Gasteiger partial charge in [-0.05, 0) is 26.2 Å². The number of nitrogens with zero attached hydrogens (tertiary/aromatic N) is 3. The molecular weight excluding hydrogens is 246 g/mol. The number of hydrogen-bond donors (Lipinski definition) is 2. The molecule has 19 heavy (non-hydrogen) atoms. The molecule has 7 heteroatoms. The fourth-order valence-electron chi connectivity index (χ4n) is 2.01. The Morgan fingerprint density at radius 1 is 1.42 bits per heavy atom. The molecule has 1 fully saturated rings. The molecule has 0 bridgehead atoms. The van der Waals surface area contributed by atoms with Crippen molar-refractivity contribution in [3.05, 3.63) is 0 Å². The van der Waals surface area contributed by atoms with Crippen LogP contribution >= 0.6 is 0 Å². The Balaban J connectivity index is 2.00. The van der Waals surface area contributed by atoms with E-state index in [0.29, 0.717) is 18.6 Å². The number of ether oxygens (including phenoxy) is 2. The van der Waals surface area contributed by atoms with Gasteiger partial charge in [0.2, 0.25) is 11.9 Å². The molecule has 0 aliphatic carbocycles. The van der Waals surface area contributed by atoms with Crippen molar-refractivity contribution in [3.63, 3.8) is 0 Å². The molecule has 2 atom stereocenters. The van der Waals surface area contributed by atoms with E-state index >= 15 is 0 Å². The zero-order valence-electron chi connectivity index (χ0n) is 11.4. The van der Waals surface area contributed by atoms with Crippen molar-refractivity contribution in [3.8, 4) is 6.01 Å². The molecule has 1 aromatic heterocycles. The van der Waals surface area contributed by atoms with Crippen LogP contribution in [0.1, 0.15) is 33.1 Å². The van der Waals surface area contributed by atoms with E-state index in [1.807, 2.05) is 6.92 Å². The molecule has 0 amide bonds. The first-order valence-corrected chi connectivity index (χ1v) is 6.70. The highest BCUT2D eigenvalue weighted by molar-refractivity contribution is 5.33. The van der Waals surface area contributed by atoms with Crippen molar-refractivity contribution in [2.24, 2.45) is 0 Å². The van der Waals surface area contributed by atoms with Crippen molar-refractivity contribution in [1.29, 1.82) is 0 Å². The van der Waals surface area contributed by atoms with E-state index in [-0.39, 0.29) is 18.1 Å². The van der Waals surface area contributed by atoms with E-state index in [1.54, 1.807) is 0 Å². The third-order valence-corrected chi connectivity index (χ3v) is 2.89. The molecule has 1 aliphatic rings. The maximum Gasteiger partial charge on any atom is 0.323 e. The molecule has 106 valence electrons. The van der Waals surface area contributed by atoms with Gasteiger partial charge < -0.3 is 20.5 Å². The van der Waals surface area contributed by atoms with Crippen LogP contribution in [0.3, 0.4) is 0 Å². The Morgan fingerprint density at radius 3 is 3.00 bits per heavy atom. The normalized spacial score (nSPS) is 23.1. The quantitative estimate of drug-likeness (QED) is 0.828. The minimum atomic E-state index is 0.170. The average Bonchev–Trinajstić information content (AvgIpc) is 2.35. The summed E-state index contributed by atoms with van der Waals surface area (Å²) in [7, 11) is 0. The number of nitrogens with one attached hydrogen (secondary N) is 1. The van der Waals surface area contributed by atoms with Gasteiger partial charge in [0, 0.05) is 12.6 Å². The molecule has 0 spiro atoms. The van der Waals surface area contributed by atoms with Gasteiger partial charge in [0.25, 0.3) is 0 Å². The summed E-state index contributed by atoms with van der Waals surface area (Å²) < 4.78 is 10.9. The fourth-order valence-corrected chi connectivity index (χ4v) is 2.01. The second-order valence-electron chi connectivity index (χ2n) is 4.70. The van der Waals surface area contributed by atoms with Crippen LogP contribution < -0.4 is 15.8 Å². The monoisotopic (exact) mass is 267 g/mol. The highest BCUT2D eigenvalue weighted by atomic mass is 16.5. The van der Waals surface area contributed by atoms with Gasteiger partial charge in [0.1, 0.15) is 0 Å². The predicted octanol–water partition coefficient (Wildman–Crippen LogP) is 1.22. The third-order valence-electron chi connectivity index (χ3n) is 2.89. The third kappa shape index (κ3) is 4.20. The largest absolute Gasteiger partial charge is 0.463 e. The molecule has 2 rings (SSSR count). The Labute approximate surface area is 112 Å². The van der Waals surface area contributed by atoms with Crippen LogP contribution in [0.2, 0.25) is 0 Å². The number of rotatable bonds is 5. The number of aromatic nitrogens is 3. The zero-order chi connectivity index (χ0) is 13.7. The van der Waals surface area contributed by atoms with Crippen molar-refractivity contribution in [1.82, 2.24) is 15.0 Å². The molecule has 1 saturated heterocycles. The molecule has 2 unspecified atom stereocenters. The van der Waals surface area contributed by atoms with Crippen LogP contribution in [0, 0.1) is 0 Å².